The van der Waals surface area contributed by atoms with Gasteiger partial charge in [0.05, 0.1) is 23.1 Å². The van der Waals surface area contributed by atoms with E-state index in [9.17, 15) is 4.79 Å². The van der Waals surface area contributed by atoms with Gasteiger partial charge in [-0.2, -0.15) is 0 Å². The number of fused-ring (bicyclic) bond motifs is 1. The molecule has 0 radical (unpaired) electrons. The summed E-state index contributed by atoms with van der Waals surface area (Å²) in [6.45, 7) is 2.77. The van der Waals surface area contributed by atoms with Crippen LogP contribution in [0.3, 0.4) is 0 Å². The lowest BCUT2D eigenvalue weighted by Crippen LogP contribution is -2.21. The minimum absolute atomic E-state index is 0.0164. The molecule has 1 aliphatic heterocycles. The molecular formula is C26H24N8O2. The van der Waals surface area contributed by atoms with Crippen molar-refractivity contribution in [2.45, 2.75) is 25.3 Å². The van der Waals surface area contributed by atoms with E-state index in [-0.39, 0.29) is 17.9 Å². The van der Waals surface area contributed by atoms with Gasteiger partial charge in [-0.25, -0.2) is 19.9 Å². The number of aromatic nitrogens is 6. The summed E-state index contributed by atoms with van der Waals surface area (Å²) in [7, 11) is 1.80. The average molecular weight is 481 g/mol. The second-order valence-corrected chi connectivity index (χ2v) is 8.91. The Hall–Kier alpha value is -4.60. The first kappa shape index (κ1) is 21.9. The standard InChI is InChI=1S/C26H24N8O2/c1-16(17-6-7-24-27-11-13-34(24)15-17)29-26-28-10-8-21(31-26)19-4-3-5-20(30-19)22-14-23(36-32-22)18-9-12-33(2)25(18)35/h3-8,10-11,13-16,18H,9,12H2,1-2H3,(H,28,29,31)/t16-,18-/m0/s1. The van der Waals surface area contributed by atoms with Crippen LogP contribution in [0.25, 0.3) is 28.4 Å². The fourth-order valence-corrected chi connectivity index (χ4v) is 4.42. The van der Waals surface area contributed by atoms with Crippen LogP contribution in [-0.2, 0) is 4.79 Å². The Bertz CT molecular complexity index is 1560. The number of amides is 1. The van der Waals surface area contributed by atoms with E-state index in [0.29, 0.717) is 41.0 Å². The maximum atomic E-state index is 12.3. The van der Waals surface area contributed by atoms with Gasteiger partial charge in [0.25, 0.3) is 0 Å². The molecule has 5 aromatic heterocycles. The molecule has 1 N–H and O–H groups in total. The Morgan fingerprint density at radius 2 is 1.86 bits per heavy atom. The smallest absolute Gasteiger partial charge is 0.233 e. The van der Waals surface area contributed by atoms with Crippen molar-refractivity contribution >= 4 is 17.5 Å². The fourth-order valence-electron chi connectivity index (χ4n) is 4.42. The molecular weight excluding hydrogens is 456 g/mol. The molecule has 10 heteroatoms. The minimum atomic E-state index is -0.286. The van der Waals surface area contributed by atoms with Gasteiger partial charge in [0, 0.05) is 44.4 Å². The third kappa shape index (κ3) is 4.06. The van der Waals surface area contributed by atoms with Crippen molar-refractivity contribution in [3.63, 3.8) is 0 Å². The maximum Gasteiger partial charge on any atom is 0.233 e. The normalized spacial score (nSPS) is 16.6. The molecule has 6 heterocycles. The zero-order valence-corrected chi connectivity index (χ0v) is 19.9. The van der Waals surface area contributed by atoms with Crippen molar-refractivity contribution in [3.05, 3.63) is 78.6 Å². The zero-order chi connectivity index (χ0) is 24.6. The molecule has 0 bridgehead atoms. The van der Waals surface area contributed by atoms with E-state index < -0.39 is 0 Å². The van der Waals surface area contributed by atoms with E-state index >= 15 is 0 Å². The molecule has 2 atom stereocenters. The third-order valence-corrected chi connectivity index (χ3v) is 6.49. The first-order chi connectivity index (χ1) is 17.5. The predicted molar refractivity (Wildman–Crippen MR) is 133 cm³/mol. The number of likely N-dealkylation sites (N-methyl/N-ethyl adjacent to an activating group) is 1. The largest absolute Gasteiger partial charge is 0.360 e. The first-order valence-corrected chi connectivity index (χ1v) is 11.8. The Balaban J connectivity index is 1.22. The van der Waals surface area contributed by atoms with Crippen LogP contribution >= 0.6 is 0 Å². The molecule has 0 spiro atoms. The second-order valence-electron chi connectivity index (χ2n) is 8.91. The second kappa shape index (κ2) is 8.88. The van der Waals surface area contributed by atoms with Gasteiger partial charge in [0.1, 0.15) is 23.0 Å². The van der Waals surface area contributed by atoms with Crippen molar-refractivity contribution in [3.8, 4) is 22.8 Å². The predicted octanol–water partition coefficient (Wildman–Crippen LogP) is 3.96. The topological polar surface area (TPSA) is 114 Å². The van der Waals surface area contributed by atoms with Crippen molar-refractivity contribution in [2.75, 3.05) is 18.9 Å². The number of nitrogens with one attached hydrogen (secondary N) is 1. The summed E-state index contributed by atoms with van der Waals surface area (Å²) in [5, 5.41) is 7.54. The van der Waals surface area contributed by atoms with Crippen LogP contribution in [0.5, 0.6) is 0 Å². The summed E-state index contributed by atoms with van der Waals surface area (Å²) in [4.78, 5) is 32.2. The van der Waals surface area contributed by atoms with E-state index in [1.807, 2.05) is 53.2 Å². The van der Waals surface area contributed by atoms with Gasteiger partial charge in [0.2, 0.25) is 11.9 Å². The molecule has 6 rings (SSSR count). The highest BCUT2D eigenvalue weighted by atomic mass is 16.5. The molecule has 5 aromatic rings. The number of hydrogen-bond acceptors (Lipinski definition) is 8. The van der Waals surface area contributed by atoms with Gasteiger partial charge < -0.3 is 19.1 Å². The fraction of sp³-hybridized carbons (Fsp3) is 0.231. The molecule has 1 amide bonds. The highest BCUT2D eigenvalue weighted by Crippen LogP contribution is 2.31. The molecule has 0 saturated carbocycles. The monoisotopic (exact) mass is 480 g/mol. The van der Waals surface area contributed by atoms with Crippen molar-refractivity contribution < 1.29 is 9.32 Å². The maximum absolute atomic E-state index is 12.3. The third-order valence-electron chi connectivity index (χ3n) is 6.49. The lowest BCUT2D eigenvalue weighted by molar-refractivity contribution is -0.128. The summed E-state index contributed by atoms with van der Waals surface area (Å²) < 4.78 is 7.50. The van der Waals surface area contributed by atoms with Crippen LogP contribution < -0.4 is 5.32 Å². The van der Waals surface area contributed by atoms with E-state index in [1.54, 1.807) is 30.4 Å². The van der Waals surface area contributed by atoms with Crippen LogP contribution in [-0.4, -0.2) is 53.9 Å². The number of carbonyl (C=O) groups is 1. The van der Waals surface area contributed by atoms with E-state index in [1.165, 1.54) is 0 Å². The molecule has 0 unspecified atom stereocenters. The Morgan fingerprint density at radius 3 is 2.69 bits per heavy atom. The van der Waals surface area contributed by atoms with Gasteiger partial charge in [-0.3, -0.25) is 4.79 Å². The average Bonchev–Trinajstić information content (AvgIpc) is 3.65. The number of carbonyl (C=O) groups excluding carboxylic acids is 1. The van der Waals surface area contributed by atoms with Gasteiger partial charge >= 0.3 is 0 Å². The Labute approximate surface area is 207 Å². The molecule has 180 valence electrons. The highest BCUT2D eigenvalue weighted by molar-refractivity contribution is 5.85. The van der Waals surface area contributed by atoms with Crippen LogP contribution in [0.2, 0.25) is 0 Å². The number of pyridine rings is 2. The SMILES string of the molecule is C[C@H](Nc1nccc(-c2cccc(-c3cc([C@@H]4CCN(C)C4=O)on3)n2)n1)c1ccc2nccn2c1. The Morgan fingerprint density at radius 1 is 1.03 bits per heavy atom. The summed E-state index contributed by atoms with van der Waals surface area (Å²) in [6.07, 6.45) is 8.17. The van der Waals surface area contributed by atoms with Crippen LogP contribution in [0.1, 0.15) is 36.6 Å². The molecule has 0 aliphatic carbocycles. The molecule has 1 saturated heterocycles. The summed E-state index contributed by atoms with van der Waals surface area (Å²) in [6, 6.07) is 13.3. The number of likely N-dealkylation sites (tertiary alicyclic amines) is 1. The first-order valence-electron chi connectivity index (χ1n) is 11.8. The highest BCUT2D eigenvalue weighted by Gasteiger charge is 2.33. The number of anilines is 1. The minimum Gasteiger partial charge on any atom is -0.360 e. The number of imidazole rings is 1. The quantitative estimate of drug-likeness (QED) is 0.388. The Kier molecular flexibility index (Phi) is 5.40. The van der Waals surface area contributed by atoms with Crippen molar-refractivity contribution in [1.29, 1.82) is 0 Å². The summed E-state index contributed by atoms with van der Waals surface area (Å²) >= 11 is 0. The van der Waals surface area contributed by atoms with Crippen molar-refractivity contribution in [1.82, 2.24) is 34.4 Å². The number of hydrogen-bond donors (Lipinski definition) is 1. The number of nitrogens with zero attached hydrogens (tertiary/aromatic N) is 7. The van der Waals surface area contributed by atoms with Gasteiger partial charge in [-0.1, -0.05) is 17.3 Å². The molecule has 1 fully saturated rings. The number of rotatable bonds is 6. The van der Waals surface area contributed by atoms with E-state index in [0.717, 1.165) is 17.6 Å². The van der Waals surface area contributed by atoms with Crippen LogP contribution in [0, 0.1) is 0 Å². The molecule has 1 aliphatic rings. The lowest BCUT2D eigenvalue weighted by atomic mass is 10.0. The molecule has 36 heavy (non-hydrogen) atoms. The summed E-state index contributed by atoms with van der Waals surface area (Å²) in [5.74, 6) is 0.847. The summed E-state index contributed by atoms with van der Waals surface area (Å²) in [5.41, 5.74) is 4.59. The van der Waals surface area contributed by atoms with E-state index in [2.05, 4.69) is 32.3 Å². The molecule has 10 nitrogen and oxygen atoms in total. The zero-order valence-electron chi connectivity index (χ0n) is 19.9. The lowest BCUT2D eigenvalue weighted by Gasteiger charge is -2.15. The van der Waals surface area contributed by atoms with Gasteiger partial charge in [0.15, 0.2) is 0 Å². The molecule has 0 aromatic carbocycles. The van der Waals surface area contributed by atoms with Gasteiger partial charge in [-0.15, -0.1) is 0 Å². The van der Waals surface area contributed by atoms with Crippen LogP contribution in [0.15, 0.2) is 71.8 Å². The van der Waals surface area contributed by atoms with E-state index in [4.69, 9.17) is 9.51 Å². The van der Waals surface area contributed by atoms with Gasteiger partial charge in [-0.05, 0) is 43.2 Å². The van der Waals surface area contributed by atoms with Crippen LogP contribution in [0.4, 0.5) is 5.95 Å². The van der Waals surface area contributed by atoms with Crippen molar-refractivity contribution in [2.24, 2.45) is 0 Å².